The Bertz CT molecular complexity index is 596. The van der Waals surface area contributed by atoms with E-state index in [1.165, 1.54) is 13.2 Å². The normalized spacial score (nSPS) is 10.2. The number of ether oxygens (including phenoxy) is 1. The van der Waals surface area contributed by atoms with Crippen LogP contribution >= 0.6 is 0 Å². The highest BCUT2D eigenvalue weighted by atomic mass is 19.1. The molecule has 0 atom stereocenters. The third-order valence-electron chi connectivity index (χ3n) is 2.67. The fourth-order valence-corrected chi connectivity index (χ4v) is 1.74. The molecule has 1 aromatic heterocycles. The van der Waals surface area contributed by atoms with Crippen LogP contribution < -0.4 is 4.74 Å². The van der Waals surface area contributed by atoms with E-state index in [1.807, 2.05) is 13.0 Å². The van der Waals surface area contributed by atoms with Crippen molar-refractivity contribution in [1.82, 2.24) is 4.98 Å². The third-order valence-corrected chi connectivity index (χ3v) is 2.67. The molecule has 2 aromatic rings. The van der Waals surface area contributed by atoms with Gasteiger partial charge >= 0.3 is 0 Å². The smallest absolute Gasteiger partial charge is 0.213 e. The predicted octanol–water partition coefficient (Wildman–Crippen LogP) is 3.02. The second-order valence-corrected chi connectivity index (χ2v) is 3.92. The lowest BCUT2D eigenvalue weighted by Crippen LogP contribution is -1.95. The lowest BCUT2D eigenvalue weighted by Gasteiger charge is -2.09. The van der Waals surface area contributed by atoms with Gasteiger partial charge in [0.15, 0.2) is 6.29 Å². The van der Waals surface area contributed by atoms with Gasteiger partial charge in [0.1, 0.15) is 5.82 Å². The molecule has 4 heteroatoms. The first-order valence-corrected chi connectivity index (χ1v) is 5.41. The Morgan fingerprint density at radius 3 is 2.72 bits per heavy atom. The Hall–Kier alpha value is -2.23. The first kappa shape index (κ1) is 12.2. The van der Waals surface area contributed by atoms with Crippen LogP contribution in [0.3, 0.4) is 0 Å². The van der Waals surface area contributed by atoms with Crippen molar-refractivity contribution < 1.29 is 13.9 Å². The number of pyridine rings is 1. The molecule has 0 saturated heterocycles. The molecule has 1 heterocycles. The Labute approximate surface area is 104 Å². The summed E-state index contributed by atoms with van der Waals surface area (Å²) < 4.78 is 18.8. The second-order valence-electron chi connectivity index (χ2n) is 3.92. The minimum atomic E-state index is -0.482. The number of nitrogens with zero attached hydrogens (tertiary/aromatic N) is 1. The number of aryl methyl sites for hydroxylation is 1. The van der Waals surface area contributed by atoms with Gasteiger partial charge in [0.2, 0.25) is 5.88 Å². The predicted molar refractivity (Wildman–Crippen MR) is 66.3 cm³/mol. The largest absolute Gasteiger partial charge is 0.481 e. The number of methoxy groups -OCH3 is 1. The van der Waals surface area contributed by atoms with Gasteiger partial charge in [-0.15, -0.1) is 0 Å². The van der Waals surface area contributed by atoms with Crippen LogP contribution in [0.4, 0.5) is 4.39 Å². The summed E-state index contributed by atoms with van der Waals surface area (Å²) in [5.41, 5.74) is 2.24. The van der Waals surface area contributed by atoms with Crippen LogP contribution in [0.2, 0.25) is 0 Å². The zero-order valence-corrected chi connectivity index (χ0v) is 10.1. The number of aromatic nitrogens is 1. The highest BCUT2D eigenvalue weighted by Gasteiger charge is 2.12. The van der Waals surface area contributed by atoms with E-state index in [1.54, 1.807) is 12.1 Å². The van der Waals surface area contributed by atoms with E-state index >= 15 is 0 Å². The highest BCUT2D eigenvalue weighted by Crippen LogP contribution is 2.28. The molecular weight excluding hydrogens is 233 g/mol. The lowest BCUT2D eigenvalue weighted by molar-refractivity contribution is 0.112. The number of rotatable bonds is 3. The van der Waals surface area contributed by atoms with E-state index in [0.717, 1.165) is 11.8 Å². The van der Waals surface area contributed by atoms with Gasteiger partial charge in [0.25, 0.3) is 0 Å². The molecule has 0 radical (unpaired) electrons. The van der Waals surface area contributed by atoms with Crippen LogP contribution in [0.15, 0.2) is 30.5 Å². The molecule has 1 aromatic carbocycles. The Morgan fingerprint density at radius 1 is 1.28 bits per heavy atom. The maximum atomic E-state index is 13.8. The SMILES string of the molecule is COc1cc(-c2cc(C)ccc2C=O)c(F)cn1. The number of hydrogen-bond acceptors (Lipinski definition) is 3. The van der Waals surface area contributed by atoms with Crippen LogP contribution in [0.1, 0.15) is 15.9 Å². The molecule has 0 aliphatic heterocycles. The van der Waals surface area contributed by atoms with Crippen molar-refractivity contribution in [3.05, 3.63) is 47.4 Å². The van der Waals surface area contributed by atoms with E-state index in [2.05, 4.69) is 4.98 Å². The number of halogens is 1. The number of benzene rings is 1. The summed E-state index contributed by atoms with van der Waals surface area (Å²) in [4.78, 5) is 14.8. The summed E-state index contributed by atoms with van der Waals surface area (Å²) in [6, 6.07) is 6.73. The fraction of sp³-hybridized carbons (Fsp3) is 0.143. The summed E-state index contributed by atoms with van der Waals surface area (Å²) in [6.45, 7) is 1.88. The van der Waals surface area contributed by atoms with Crippen LogP contribution in [0.5, 0.6) is 5.88 Å². The van der Waals surface area contributed by atoms with E-state index in [4.69, 9.17) is 4.74 Å². The van der Waals surface area contributed by atoms with E-state index in [-0.39, 0.29) is 0 Å². The standard InChI is InChI=1S/C14H12FNO2/c1-9-3-4-10(8-17)11(5-9)12-6-14(18-2)16-7-13(12)15/h3-8H,1-2H3. The van der Waals surface area contributed by atoms with Crippen molar-refractivity contribution in [1.29, 1.82) is 0 Å². The van der Waals surface area contributed by atoms with Gasteiger partial charge in [0, 0.05) is 17.2 Å². The molecule has 0 fully saturated rings. The van der Waals surface area contributed by atoms with Gasteiger partial charge in [-0.05, 0) is 12.5 Å². The Kier molecular flexibility index (Phi) is 3.37. The van der Waals surface area contributed by atoms with Crippen molar-refractivity contribution in [3.8, 4) is 17.0 Å². The zero-order chi connectivity index (χ0) is 13.1. The van der Waals surface area contributed by atoms with Crippen molar-refractivity contribution in [2.24, 2.45) is 0 Å². The van der Waals surface area contributed by atoms with Gasteiger partial charge in [-0.25, -0.2) is 9.37 Å². The molecule has 0 unspecified atom stereocenters. The molecule has 0 aliphatic rings. The third kappa shape index (κ3) is 2.22. The number of hydrogen-bond donors (Lipinski definition) is 0. The molecule has 0 N–H and O–H groups in total. The van der Waals surface area contributed by atoms with Crippen LogP contribution in [0, 0.1) is 12.7 Å². The number of carbonyl (C=O) groups excluding carboxylic acids is 1. The average molecular weight is 245 g/mol. The summed E-state index contributed by atoms with van der Waals surface area (Å²) in [5.74, 6) is -0.172. The molecule has 0 bridgehead atoms. The van der Waals surface area contributed by atoms with E-state index in [9.17, 15) is 9.18 Å². The monoisotopic (exact) mass is 245 g/mol. The van der Waals surface area contributed by atoms with Gasteiger partial charge in [-0.1, -0.05) is 23.8 Å². The Balaban J connectivity index is 2.67. The van der Waals surface area contributed by atoms with Crippen LogP contribution in [-0.2, 0) is 0 Å². The first-order chi connectivity index (χ1) is 8.65. The van der Waals surface area contributed by atoms with E-state index < -0.39 is 5.82 Å². The van der Waals surface area contributed by atoms with E-state index in [0.29, 0.717) is 28.9 Å². The van der Waals surface area contributed by atoms with Crippen LogP contribution in [0.25, 0.3) is 11.1 Å². The average Bonchev–Trinajstić information content (AvgIpc) is 2.39. The summed E-state index contributed by atoms with van der Waals surface area (Å²) >= 11 is 0. The van der Waals surface area contributed by atoms with Gasteiger partial charge in [0.05, 0.1) is 13.3 Å². The maximum Gasteiger partial charge on any atom is 0.213 e. The van der Waals surface area contributed by atoms with Crippen molar-refractivity contribution in [2.45, 2.75) is 6.92 Å². The molecule has 2 rings (SSSR count). The lowest BCUT2D eigenvalue weighted by atomic mass is 9.98. The minimum absolute atomic E-state index is 0.310. The highest BCUT2D eigenvalue weighted by molar-refractivity contribution is 5.88. The molecular formula is C14H12FNO2. The summed E-state index contributed by atoms with van der Waals surface area (Å²) in [5, 5.41) is 0. The summed E-state index contributed by atoms with van der Waals surface area (Å²) in [6.07, 6.45) is 1.80. The number of aldehydes is 1. The fourth-order valence-electron chi connectivity index (χ4n) is 1.74. The quantitative estimate of drug-likeness (QED) is 0.780. The van der Waals surface area contributed by atoms with Gasteiger partial charge in [-0.2, -0.15) is 0 Å². The van der Waals surface area contributed by atoms with Gasteiger partial charge < -0.3 is 4.74 Å². The number of carbonyl (C=O) groups is 1. The Morgan fingerprint density at radius 2 is 2.06 bits per heavy atom. The molecule has 92 valence electrons. The second kappa shape index (κ2) is 4.96. The summed E-state index contributed by atoms with van der Waals surface area (Å²) in [7, 11) is 1.46. The van der Waals surface area contributed by atoms with Crippen molar-refractivity contribution in [2.75, 3.05) is 7.11 Å². The molecule has 0 aliphatic carbocycles. The maximum absolute atomic E-state index is 13.8. The molecule has 0 saturated carbocycles. The minimum Gasteiger partial charge on any atom is -0.481 e. The zero-order valence-electron chi connectivity index (χ0n) is 10.1. The van der Waals surface area contributed by atoms with Crippen LogP contribution in [-0.4, -0.2) is 18.4 Å². The van der Waals surface area contributed by atoms with Crippen molar-refractivity contribution in [3.63, 3.8) is 0 Å². The molecule has 3 nitrogen and oxygen atoms in total. The molecule has 0 amide bonds. The first-order valence-electron chi connectivity index (χ1n) is 5.41. The molecule has 0 spiro atoms. The van der Waals surface area contributed by atoms with Crippen molar-refractivity contribution >= 4 is 6.29 Å². The van der Waals surface area contributed by atoms with Gasteiger partial charge in [-0.3, -0.25) is 4.79 Å². The molecule has 18 heavy (non-hydrogen) atoms. The topological polar surface area (TPSA) is 39.2 Å².